The molecule has 108 heavy (non-hydrogen) atoms. The Morgan fingerprint density at radius 1 is 0.278 bits per heavy atom. The first-order valence-electron chi connectivity index (χ1n) is 35.5. The van der Waals surface area contributed by atoms with Gasteiger partial charge in [-0.05, 0) is 178 Å². The van der Waals surface area contributed by atoms with Crippen molar-refractivity contribution < 1.29 is 68.9 Å². The Kier molecular flexibility index (Phi) is 21.9. The quantitative estimate of drug-likeness (QED) is 0.0532. The molecule has 17 rings (SSSR count). The van der Waals surface area contributed by atoms with E-state index in [0.29, 0.717) is 49.4 Å². The molecule has 16 heteroatoms. The molecule has 544 valence electrons. The van der Waals surface area contributed by atoms with Crippen molar-refractivity contribution in [2.75, 3.05) is 46.4 Å². The molecule has 4 heterocycles. The van der Waals surface area contributed by atoms with Crippen molar-refractivity contribution in [3.63, 3.8) is 0 Å². The minimum absolute atomic E-state index is 0.0414. The van der Waals surface area contributed by atoms with E-state index in [2.05, 4.69) is 76.6 Å². The molecule has 9 N–H and O–H groups in total. The Morgan fingerprint density at radius 3 is 0.935 bits per heavy atom. The van der Waals surface area contributed by atoms with Gasteiger partial charge in [0, 0.05) is 104 Å². The number of nitrogens with two attached hydrogens (primary N) is 1. The number of methoxy groups -OCH3 is 2. The lowest BCUT2D eigenvalue weighted by Crippen LogP contribution is -2.25. The van der Waals surface area contributed by atoms with Crippen molar-refractivity contribution in [3.8, 4) is 86.2 Å². The van der Waals surface area contributed by atoms with Crippen LogP contribution in [0, 0.1) is 0 Å². The summed E-state index contributed by atoms with van der Waals surface area (Å²) >= 11 is 3.51. The van der Waals surface area contributed by atoms with Crippen molar-refractivity contribution in [1.29, 1.82) is 0 Å². The maximum absolute atomic E-state index is 9.91. The molecule has 0 bridgehead atoms. The van der Waals surface area contributed by atoms with Gasteiger partial charge in [0.2, 0.25) is 0 Å². The van der Waals surface area contributed by atoms with Crippen LogP contribution in [-0.2, 0) is 0 Å². The van der Waals surface area contributed by atoms with E-state index in [4.69, 9.17) is 38.9 Å². The maximum Gasteiger partial charge on any atom is 0.127 e. The summed E-state index contributed by atoms with van der Waals surface area (Å²) in [5, 5.41) is 68.2. The molecule has 0 aliphatic carbocycles. The predicted octanol–water partition coefficient (Wildman–Crippen LogP) is 20.1. The summed E-state index contributed by atoms with van der Waals surface area (Å²) in [6, 6.07) is 93.3. The molecule has 0 radical (unpaired) electrons. The van der Waals surface area contributed by atoms with Gasteiger partial charge in [0.1, 0.15) is 86.2 Å². The van der Waals surface area contributed by atoms with Gasteiger partial charge in [0.15, 0.2) is 0 Å². The molecule has 8 atom stereocenters. The van der Waals surface area contributed by atoms with Gasteiger partial charge in [0.05, 0.1) is 40.6 Å². The van der Waals surface area contributed by atoms with E-state index in [-0.39, 0.29) is 87.6 Å². The fraction of sp³-hybridized carbons (Fsp3) is 0.152. The van der Waals surface area contributed by atoms with E-state index in [0.717, 1.165) is 88.9 Å². The maximum atomic E-state index is 9.91. The second-order valence-corrected chi connectivity index (χ2v) is 27.9. The van der Waals surface area contributed by atoms with Crippen LogP contribution in [0.25, 0.3) is 0 Å². The largest absolute Gasteiger partial charge is 0.508 e. The Labute approximate surface area is 635 Å². The highest BCUT2D eigenvalue weighted by molar-refractivity contribution is 9.10. The molecule has 0 fully saturated rings. The number of phenols is 7. The summed E-state index contributed by atoms with van der Waals surface area (Å²) in [7, 11) is 3.33. The Hall–Kier alpha value is -12.7. The molecule has 0 saturated carbocycles. The standard InChI is InChI=1S/C27H22O4.C22H19BrO3.C22H20O4.C21H19NO3/c28-20-10-6-18(7-11-20)25-17-30-26-16-21(29)12-15-24(26)27(25)19-8-13-23(14-9-19)31-22-4-2-1-3-5-22;1-25-18-9-4-15(5-10-18)22-19-11-8-17(24)12-21(19)26-13-20(22)14-2-6-16(23)7-3-14;1-25-18-4-2-3-15(11-18)22-19-10-9-17(24)12-21(19)26-13-20(22)14-5-7-16(23)8-6-14;22-15-3-1-2-14(10-15)21-18-9-8-17(24)11-20(18)25-12-19(21)13-4-6-16(23)7-5-13/h1-16,25,27-29H,17H2;2-12,20,22,24H,13H2,1H3;2-12,20,22-24H,13H2,1H3;1-11,19,21,23-24H,12,22H2. The van der Waals surface area contributed by atoms with E-state index in [1.165, 1.54) is 11.1 Å². The number of hydrogen-bond donors (Lipinski definition) is 8. The molecule has 8 unspecified atom stereocenters. The number of fused-ring (bicyclic) bond motifs is 4. The van der Waals surface area contributed by atoms with Crippen LogP contribution in [0.2, 0.25) is 0 Å². The van der Waals surface area contributed by atoms with Crippen LogP contribution in [0.4, 0.5) is 5.69 Å². The lowest BCUT2D eigenvalue weighted by atomic mass is 9.76. The van der Waals surface area contributed by atoms with Crippen molar-refractivity contribution in [1.82, 2.24) is 0 Å². The zero-order chi connectivity index (χ0) is 74.8. The van der Waals surface area contributed by atoms with Gasteiger partial charge in [-0.3, -0.25) is 0 Å². The number of para-hydroxylation sites is 1. The number of ether oxygens (including phenoxy) is 7. The SMILES string of the molecule is COc1ccc(C2c3ccc(O)cc3OCC2c2ccc(Br)cc2)cc1.COc1cccc(C2c3ccc(O)cc3OCC2c2ccc(O)cc2)c1.Nc1cccc(C2c3ccc(O)cc3OCC2c2ccc(O)cc2)c1.Oc1ccc(C2COc3cc(O)ccc3C2c2ccc(Oc3ccccc3)cc2)cc1. The first-order chi connectivity index (χ1) is 52.6. The van der Waals surface area contributed by atoms with E-state index in [1.807, 2.05) is 152 Å². The van der Waals surface area contributed by atoms with Crippen LogP contribution in [0.1, 0.15) is 114 Å². The number of rotatable bonds is 12. The number of phenolic OH excluding ortho intramolecular Hbond substituents is 7. The number of nitrogen functional groups attached to an aromatic ring is 1. The Balaban J connectivity index is 0.000000121. The molecule has 4 aliphatic heterocycles. The lowest BCUT2D eigenvalue weighted by Gasteiger charge is -2.34. The molecule has 0 spiro atoms. The van der Waals surface area contributed by atoms with Crippen LogP contribution in [0.5, 0.6) is 86.2 Å². The smallest absolute Gasteiger partial charge is 0.127 e. The van der Waals surface area contributed by atoms with Crippen molar-refractivity contribution in [3.05, 3.63) is 368 Å². The summed E-state index contributed by atoms with van der Waals surface area (Å²) < 4.78 is 41.6. The Bertz CT molecular complexity index is 5200. The van der Waals surface area contributed by atoms with Crippen LogP contribution in [0.3, 0.4) is 0 Å². The van der Waals surface area contributed by atoms with Crippen LogP contribution >= 0.6 is 15.9 Å². The van der Waals surface area contributed by atoms with E-state index < -0.39 is 0 Å². The highest BCUT2D eigenvalue weighted by Crippen LogP contribution is 2.52. The molecule has 0 saturated heterocycles. The van der Waals surface area contributed by atoms with Crippen LogP contribution in [0.15, 0.2) is 302 Å². The second-order valence-electron chi connectivity index (χ2n) is 27.0. The first-order valence-corrected chi connectivity index (χ1v) is 36.3. The van der Waals surface area contributed by atoms with Gasteiger partial charge in [-0.2, -0.15) is 0 Å². The number of benzene rings is 13. The lowest BCUT2D eigenvalue weighted by molar-refractivity contribution is 0.247. The van der Waals surface area contributed by atoms with Crippen LogP contribution < -0.4 is 38.9 Å². The summed E-state index contributed by atoms with van der Waals surface area (Å²) in [6.45, 7) is 2.02. The highest BCUT2D eigenvalue weighted by Gasteiger charge is 2.38. The van der Waals surface area contributed by atoms with Gasteiger partial charge >= 0.3 is 0 Å². The average molecular weight is 1500 g/mol. The molecular formula is C92H80BrNO14. The third-order valence-corrected chi connectivity index (χ3v) is 20.8. The molecule has 13 aromatic carbocycles. The Morgan fingerprint density at radius 2 is 0.574 bits per heavy atom. The van der Waals surface area contributed by atoms with E-state index in [1.54, 1.807) is 99.1 Å². The van der Waals surface area contributed by atoms with Gasteiger partial charge in [0.25, 0.3) is 0 Å². The minimum Gasteiger partial charge on any atom is -0.508 e. The molecule has 15 nitrogen and oxygen atoms in total. The topological polar surface area (TPSA) is 232 Å². The summed E-state index contributed by atoms with van der Waals surface area (Å²) in [5.41, 5.74) is 20.0. The number of anilines is 1. The van der Waals surface area contributed by atoms with Crippen LogP contribution in [-0.4, -0.2) is 76.4 Å². The highest BCUT2D eigenvalue weighted by atomic mass is 79.9. The van der Waals surface area contributed by atoms with E-state index in [9.17, 15) is 35.7 Å². The third kappa shape index (κ3) is 16.5. The van der Waals surface area contributed by atoms with Gasteiger partial charge in [-0.25, -0.2) is 0 Å². The average Bonchev–Trinajstić information content (AvgIpc) is 0.787. The fourth-order valence-corrected chi connectivity index (χ4v) is 15.3. The number of hydrogen-bond acceptors (Lipinski definition) is 15. The van der Waals surface area contributed by atoms with Gasteiger partial charge < -0.3 is 74.6 Å². The fourth-order valence-electron chi connectivity index (χ4n) is 15.0. The third-order valence-electron chi connectivity index (χ3n) is 20.3. The van der Waals surface area contributed by atoms with Gasteiger partial charge in [-0.1, -0.05) is 155 Å². The van der Waals surface area contributed by atoms with Crippen molar-refractivity contribution in [2.24, 2.45) is 0 Å². The zero-order valence-electron chi connectivity index (χ0n) is 59.2. The molecule has 13 aromatic rings. The summed E-state index contributed by atoms with van der Waals surface area (Å²) in [4.78, 5) is 0. The molecule has 0 aromatic heterocycles. The molecular weight excluding hydrogens is 1420 g/mol. The van der Waals surface area contributed by atoms with Crippen molar-refractivity contribution in [2.45, 2.75) is 47.3 Å². The minimum atomic E-state index is 0.0414. The van der Waals surface area contributed by atoms with Gasteiger partial charge in [-0.15, -0.1) is 0 Å². The molecule has 4 aliphatic rings. The monoisotopic (exact) mass is 1500 g/mol. The normalized spacial score (nSPS) is 18.4. The number of aromatic hydroxyl groups is 7. The van der Waals surface area contributed by atoms with E-state index >= 15 is 0 Å². The van der Waals surface area contributed by atoms with Crippen molar-refractivity contribution >= 4 is 21.6 Å². The zero-order valence-corrected chi connectivity index (χ0v) is 60.8. The first kappa shape index (κ1) is 72.3. The number of halogens is 1. The summed E-state index contributed by atoms with van der Waals surface area (Å²) in [5.74, 6) is 8.29. The summed E-state index contributed by atoms with van der Waals surface area (Å²) in [6.07, 6.45) is 0. The predicted molar refractivity (Wildman–Crippen MR) is 421 cm³/mol. The molecule has 0 amide bonds. The second kappa shape index (κ2) is 32.8.